The van der Waals surface area contributed by atoms with Crippen LogP contribution in [0.4, 0.5) is 5.95 Å². The molecule has 1 amide bonds. The molecule has 10 nitrogen and oxygen atoms in total. The molecule has 0 saturated heterocycles. The van der Waals surface area contributed by atoms with Crippen LogP contribution in [-0.2, 0) is 23.3 Å². The van der Waals surface area contributed by atoms with Crippen LogP contribution >= 0.6 is 0 Å². The highest BCUT2D eigenvalue weighted by Gasteiger charge is 2.21. The zero-order valence-corrected chi connectivity index (χ0v) is 22.3. The molecule has 0 aliphatic carbocycles. The molecule has 4 aromatic rings. The van der Waals surface area contributed by atoms with Crippen LogP contribution < -0.4 is 10.1 Å². The molecule has 11 heteroatoms. The molecular formula is C26H31N7O3S. The number of carbonyl (C=O) groups excluding carboxylic acids is 1. The third-order valence-electron chi connectivity index (χ3n) is 6.68. The normalized spacial score (nSPS) is 18.1. The third-order valence-corrected chi connectivity index (χ3v) is 8.51. The van der Waals surface area contributed by atoms with Gasteiger partial charge in [0.05, 0.1) is 44.8 Å². The Morgan fingerprint density at radius 2 is 2.05 bits per heavy atom. The molecule has 2 bridgehead atoms. The molecule has 194 valence electrons. The van der Waals surface area contributed by atoms with Gasteiger partial charge in [-0.05, 0) is 56.0 Å². The Bertz CT molecular complexity index is 1600. The molecule has 2 N–H and O–H groups in total. The number of benzene rings is 1. The van der Waals surface area contributed by atoms with E-state index in [0.717, 1.165) is 23.9 Å². The average molecular weight is 522 g/mol. The van der Waals surface area contributed by atoms with E-state index in [9.17, 15) is 9.00 Å². The summed E-state index contributed by atoms with van der Waals surface area (Å²) in [7, 11) is -1.07. The number of nitrogens with zero attached hydrogens (tertiary/aromatic N) is 5. The van der Waals surface area contributed by atoms with Gasteiger partial charge in [-0.2, -0.15) is 5.10 Å². The van der Waals surface area contributed by atoms with Gasteiger partial charge < -0.3 is 9.30 Å². The molecule has 2 unspecified atom stereocenters. The Morgan fingerprint density at radius 3 is 2.84 bits per heavy atom. The van der Waals surface area contributed by atoms with Crippen molar-refractivity contribution in [3.8, 4) is 17.1 Å². The summed E-state index contributed by atoms with van der Waals surface area (Å²) in [5.74, 6) is 1.20. The van der Waals surface area contributed by atoms with Gasteiger partial charge in [0.15, 0.2) is 0 Å². The number of hydrogen-bond acceptors (Lipinski definition) is 7. The highest BCUT2D eigenvalue weighted by atomic mass is 32.2. The van der Waals surface area contributed by atoms with Crippen molar-refractivity contribution in [1.29, 1.82) is 4.78 Å². The zero-order valence-electron chi connectivity index (χ0n) is 21.4. The van der Waals surface area contributed by atoms with Gasteiger partial charge in [0.1, 0.15) is 0 Å². The van der Waals surface area contributed by atoms with Crippen molar-refractivity contribution >= 4 is 32.6 Å². The van der Waals surface area contributed by atoms with Crippen molar-refractivity contribution in [3.63, 3.8) is 0 Å². The summed E-state index contributed by atoms with van der Waals surface area (Å²) >= 11 is 0. The van der Waals surface area contributed by atoms with Crippen molar-refractivity contribution in [2.45, 2.75) is 45.1 Å². The van der Waals surface area contributed by atoms with E-state index < -0.39 is 9.73 Å². The number of rotatable bonds is 2. The fraction of sp³-hybridized carbons (Fsp3) is 0.385. The number of ether oxygens (including phenoxy) is 1. The molecule has 5 rings (SSSR count). The van der Waals surface area contributed by atoms with Crippen LogP contribution in [0.2, 0.25) is 0 Å². The number of fused-ring (bicyclic) bond motifs is 7. The third kappa shape index (κ3) is 4.83. The van der Waals surface area contributed by atoms with Crippen molar-refractivity contribution in [2.24, 2.45) is 13.0 Å². The number of aryl methyl sites for hydroxylation is 2. The molecule has 0 fully saturated rings. The molecule has 3 aromatic heterocycles. The van der Waals surface area contributed by atoms with Gasteiger partial charge in [-0.1, -0.05) is 13.8 Å². The Labute approximate surface area is 216 Å². The van der Waals surface area contributed by atoms with Gasteiger partial charge >= 0.3 is 0 Å². The first-order chi connectivity index (χ1) is 17.7. The first-order valence-electron chi connectivity index (χ1n) is 12.4. The molecule has 0 saturated carbocycles. The van der Waals surface area contributed by atoms with E-state index in [1.165, 1.54) is 0 Å². The molecule has 37 heavy (non-hydrogen) atoms. The van der Waals surface area contributed by atoms with Crippen LogP contribution in [0.3, 0.4) is 0 Å². The van der Waals surface area contributed by atoms with Crippen molar-refractivity contribution in [1.82, 2.24) is 24.3 Å². The number of hydrogen-bond donors (Lipinski definition) is 2. The first kappa shape index (κ1) is 24.9. The quantitative estimate of drug-likeness (QED) is 0.396. The van der Waals surface area contributed by atoms with E-state index >= 15 is 0 Å². The van der Waals surface area contributed by atoms with Gasteiger partial charge in [-0.3, -0.25) is 15.1 Å². The highest BCUT2D eigenvalue weighted by Crippen LogP contribution is 2.31. The lowest BCUT2D eigenvalue weighted by Crippen LogP contribution is -2.18. The number of carbonyl (C=O) groups is 1. The standard InChI is InChI=1S/C26H31N7O3S/c1-5-37(27,35)19-8-9-21-23(13-19)33-15-16(2)7-6-10-36-25-20(14-28-32(25)4)22-12-18(11-17(3)29-22)24(34)31-26(33)30-21/h8-9,11-14,16,27H,5-7,10,15H2,1-4H3,(H,30,31,34). The van der Waals surface area contributed by atoms with Crippen molar-refractivity contribution in [3.05, 3.63) is 47.8 Å². The summed E-state index contributed by atoms with van der Waals surface area (Å²) in [6, 6.07) is 8.71. The lowest BCUT2D eigenvalue weighted by atomic mass is 10.1. The Balaban J connectivity index is 1.63. The van der Waals surface area contributed by atoms with Crippen LogP contribution in [-0.4, -0.2) is 46.8 Å². The fourth-order valence-electron chi connectivity index (χ4n) is 4.64. The number of imidazole rings is 1. The van der Waals surface area contributed by atoms with E-state index in [2.05, 4.69) is 22.3 Å². The Hall–Kier alpha value is -3.73. The fourth-order valence-corrected chi connectivity index (χ4v) is 5.57. The molecule has 1 aliphatic heterocycles. The van der Waals surface area contributed by atoms with Gasteiger partial charge in [-0.25, -0.2) is 18.7 Å². The second-order valence-electron chi connectivity index (χ2n) is 9.58. The number of anilines is 1. The SMILES string of the molecule is CCS(=N)(=O)c1ccc2nc3n(c2c1)CC(C)CCCOc1c(cnn1C)-c1cc(cc(C)n1)C(=O)N3. The minimum absolute atomic E-state index is 0.230. The lowest BCUT2D eigenvalue weighted by Gasteiger charge is -2.16. The summed E-state index contributed by atoms with van der Waals surface area (Å²) in [6.45, 7) is 6.85. The maximum absolute atomic E-state index is 13.5. The topological polar surface area (TPSA) is 128 Å². The van der Waals surface area contributed by atoms with Gasteiger partial charge in [0.25, 0.3) is 5.91 Å². The summed E-state index contributed by atoms with van der Waals surface area (Å²) in [6.07, 6.45) is 3.42. The lowest BCUT2D eigenvalue weighted by molar-refractivity contribution is 0.102. The first-order valence-corrected chi connectivity index (χ1v) is 14.1. The maximum atomic E-state index is 13.5. The number of nitrogens with one attached hydrogen (secondary N) is 2. The zero-order chi connectivity index (χ0) is 26.3. The maximum Gasteiger partial charge on any atom is 0.258 e. The largest absolute Gasteiger partial charge is 0.477 e. The predicted octanol–water partition coefficient (Wildman–Crippen LogP) is 4.63. The molecule has 0 radical (unpaired) electrons. The van der Waals surface area contributed by atoms with E-state index in [-0.39, 0.29) is 17.6 Å². The van der Waals surface area contributed by atoms with Crippen LogP contribution in [0.25, 0.3) is 22.3 Å². The second kappa shape index (κ2) is 9.62. The summed E-state index contributed by atoms with van der Waals surface area (Å²) in [4.78, 5) is 23.3. The van der Waals surface area contributed by atoms with Crippen LogP contribution in [0, 0.1) is 17.6 Å². The van der Waals surface area contributed by atoms with Crippen LogP contribution in [0.5, 0.6) is 5.88 Å². The molecule has 2 atom stereocenters. The predicted molar refractivity (Wildman–Crippen MR) is 142 cm³/mol. The van der Waals surface area contributed by atoms with E-state index in [1.54, 1.807) is 48.1 Å². The van der Waals surface area contributed by atoms with E-state index in [4.69, 9.17) is 14.5 Å². The van der Waals surface area contributed by atoms with Gasteiger partial charge in [-0.15, -0.1) is 0 Å². The molecule has 0 spiro atoms. The Morgan fingerprint density at radius 1 is 1.24 bits per heavy atom. The summed E-state index contributed by atoms with van der Waals surface area (Å²) in [5, 5.41) is 7.34. The van der Waals surface area contributed by atoms with Crippen LogP contribution in [0.1, 0.15) is 42.7 Å². The minimum Gasteiger partial charge on any atom is -0.477 e. The molecule has 1 aliphatic rings. The van der Waals surface area contributed by atoms with E-state index in [0.29, 0.717) is 52.3 Å². The minimum atomic E-state index is -2.90. The number of amides is 1. The second-order valence-corrected chi connectivity index (χ2v) is 12.0. The van der Waals surface area contributed by atoms with Crippen LogP contribution in [0.15, 0.2) is 41.4 Å². The number of pyridine rings is 1. The van der Waals surface area contributed by atoms with Crippen molar-refractivity contribution < 1.29 is 13.7 Å². The van der Waals surface area contributed by atoms with Gasteiger partial charge in [0.2, 0.25) is 11.8 Å². The molecular weight excluding hydrogens is 490 g/mol. The molecule has 4 heterocycles. The summed E-state index contributed by atoms with van der Waals surface area (Å²) < 4.78 is 30.8. The molecule has 1 aromatic carbocycles. The average Bonchev–Trinajstić information content (AvgIpc) is 3.40. The highest BCUT2D eigenvalue weighted by molar-refractivity contribution is 7.92. The smallest absolute Gasteiger partial charge is 0.258 e. The summed E-state index contributed by atoms with van der Waals surface area (Å²) in [5.41, 5.74) is 3.91. The van der Waals surface area contributed by atoms with E-state index in [1.807, 2.05) is 18.5 Å². The van der Waals surface area contributed by atoms with Gasteiger partial charge in [0, 0.05) is 35.5 Å². The monoisotopic (exact) mass is 521 g/mol. The van der Waals surface area contributed by atoms with Crippen molar-refractivity contribution in [2.75, 3.05) is 17.7 Å². The Kier molecular flexibility index (Phi) is 6.49. The number of aromatic nitrogens is 5.